The van der Waals surface area contributed by atoms with Crippen LogP contribution in [-0.4, -0.2) is 65.4 Å². The zero-order valence-electron chi connectivity index (χ0n) is 14.7. The third kappa shape index (κ3) is 4.72. The van der Waals surface area contributed by atoms with Gasteiger partial charge in [-0.3, -0.25) is 9.59 Å². The van der Waals surface area contributed by atoms with Gasteiger partial charge in [-0.1, -0.05) is 0 Å². The van der Waals surface area contributed by atoms with Crippen LogP contribution < -0.4 is 10.1 Å². The molecule has 3 rings (SSSR count). The van der Waals surface area contributed by atoms with Gasteiger partial charge in [0.1, 0.15) is 0 Å². The van der Waals surface area contributed by atoms with E-state index in [0.717, 1.165) is 45.4 Å². The molecule has 1 atom stereocenters. The first-order valence-electron chi connectivity index (χ1n) is 8.98. The van der Waals surface area contributed by atoms with Crippen molar-refractivity contribution in [3.8, 4) is 5.88 Å². The van der Waals surface area contributed by atoms with Crippen molar-refractivity contribution in [1.82, 2.24) is 20.0 Å². The van der Waals surface area contributed by atoms with E-state index in [1.807, 2.05) is 4.90 Å². The second-order valence-corrected chi connectivity index (χ2v) is 6.57. The number of amides is 2. The van der Waals surface area contributed by atoms with Crippen LogP contribution in [0.15, 0.2) is 6.07 Å². The molecule has 0 radical (unpaired) electrons. The smallest absolute Gasteiger partial charge is 0.272 e. The molecule has 0 aliphatic carbocycles. The molecule has 2 amide bonds. The maximum atomic E-state index is 12.2. The second-order valence-electron chi connectivity index (χ2n) is 6.57. The van der Waals surface area contributed by atoms with Crippen LogP contribution in [0.3, 0.4) is 0 Å². The van der Waals surface area contributed by atoms with Crippen molar-refractivity contribution in [3.05, 3.63) is 11.8 Å². The first-order valence-corrected chi connectivity index (χ1v) is 8.98. The highest BCUT2D eigenvalue weighted by atomic mass is 16.5. The summed E-state index contributed by atoms with van der Waals surface area (Å²) in [5.74, 6) is 0.126. The van der Waals surface area contributed by atoms with Crippen LogP contribution in [0.5, 0.6) is 5.88 Å². The van der Waals surface area contributed by atoms with Gasteiger partial charge in [-0.05, 0) is 32.1 Å². The summed E-state index contributed by atoms with van der Waals surface area (Å²) in [5.41, 5.74) is 0.279. The predicted molar refractivity (Wildman–Crippen MR) is 90.4 cm³/mol. The summed E-state index contributed by atoms with van der Waals surface area (Å²) in [6.45, 7) is 2.80. The molecular weight excluding hydrogens is 324 g/mol. The summed E-state index contributed by atoms with van der Waals surface area (Å²) < 4.78 is 12.5. The third-order valence-corrected chi connectivity index (χ3v) is 4.64. The van der Waals surface area contributed by atoms with Gasteiger partial charge >= 0.3 is 0 Å². The van der Waals surface area contributed by atoms with Gasteiger partial charge in [-0.15, -0.1) is 0 Å². The number of nitrogens with zero attached hydrogens (tertiary/aromatic N) is 3. The van der Waals surface area contributed by atoms with Gasteiger partial charge in [-0.25, -0.2) is 4.68 Å². The van der Waals surface area contributed by atoms with E-state index in [4.69, 9.17) is 9.47 Å². The topological polar surface area (TPSA) is 85.7 Å². The molecule has 0 aromatic carbocycles. The molecule has 1 aromatic rings. The van der Waals surface area contributed by atoms with Crippen molar-refractivity contribution in [3.63, 3.8) is 0 Å². The number of carbonyl (C=O) groups is 2. The Labute approximate surface area is 147 Å². The van der Waals surface area contributed by atoms with E-state index in [1.165, 1.54) is 11.1 Å². The van der Waals surface area contributed by atoms with Crippen molar-refractivity contribution in [2.75, 3.05) is 32.8 Å². The van der Waals surface area contributed by atoms with Crippen LogP contribution in [0.1, 0.15) is 42.6 Å². The summed E-state index contributed by atoms with van der Waals surface area (Å²) in [4.78, 5) is 26.2. The van der Waals surface area contributed by atoms with Crippen molar-refractivity contribution < 1.29 is 19.1 Å². The van der Waals surface area contributed by atoms with E-state index in [2.05, 4.69) is 10.4 Å². The number of aryl methyl sites for hydroxylation is 1. The second kappa shape index (κ2) is 8.33. The monoisotopic (exact) mass is 350 g/mol. The fourth-order valence-corrected chi connectivity index (χ4v) is 3.17. The molecule has 2 saturated heterocycles. The van der Waals surface area contributed by atoms with Gasteiger partial charge in [0, 0.05) is 39.4 Å². The minimum absolute atomic E-state index is 0.0229. The molecule has 0 unspecified atom stereocenters. The van der Waals surface area contributed by atoms with Crippen LogP contribution in [0.25, 0.3) is 0 Å². The molecule has 25 heavy (non-hydrogen) atoms. The Bertz CT molecular complexity index is 604. The third-order valence-electron chi connectivity index (χ3n) is 4.64. The van der Waals surface area contributed by atoms with E-state index in [-0.39, 0.29) is 30.2 Å². The van der Waals surface area contributed by atoms with Crippen LogP contribution in [0.4, 0.5) is 0 Å². The number of hydrogen-bond donors (Lipinski definition) is 1. The van der Waals surface area contributed by atoms with E-state index in [9.17, 15) is 9.59 Å². The Morgan fingerprint density at radius 2 is 2.12 bits per heavy atom. The van der Waals surface area contributed by atoms with Crippen LogP contribution in [-0.2, 0) is 16.6 Å². The van der Waals surface area contributed by atoms with Crippen LogP contribution in [0, 0.1) is 0 Å². The molecule has 0 saturated carbocycles. The molecule has 3 heterocycles. The highest BCUT2D eigenvalue weighted by Gasteiger charge is 2.20. The largest absolute Gasteiger partial charge is 0.468 e. The lowest BCUT2D eigenvalue weighted by molar-refractivity contribution is -0.134. The SMILES string of the molecule is Cn1nc(C(=O)NC[C@@H]2CCCO2)cc1OCC(=O)N1CCCCC1. The molecule has 8 nitrogen and oxygen atoms in total. The standard InChI is InChI=1S/C17H26N4O4/c1-20-16(25-12-15(22)21-7-3-2-4-8-21)10-14(19-20)17(23)18-11-13-6-5-9-24-13/h10,13H,2-9,11-12H2,1H3,(H,18,23)/t13-/m0/s1. The highest BCUT2D eigenvalue weighted by Crippen LogP contribution is 2.14. The summed E-state index contributed by atoms with van der Waals surface area (Å²) in [5, 5.41) is 6.99. The zero-order valence-corrected chi connectivity index (χ0v) is 14.7. The number of carbonyl (C=O) groups excluding carboxylic acids is 2. The van der Waals surface area contributed by atoms with Crippen molar-refractivity contribution in [2.45, 2.75) is 38.2 Å². The average molecular weight is 350 g/mol. The van der Waals surface area contributed by atoms with E-state index >= 15 is 0 Å². The Balaban J connectivity index is 1.49. The first kappa shape index (κ1) is 17.7. The van der Waals surface area contributed by atoms with Gasteiger partial charge < -0.3 is 19.7 Å². The minimum atomic E-state index is -0.261. The molecule has 2 aliphatic rings. The maximum absolute atomic E-state index is 12.2. The molecular formula is C17H26N4O4. The number of hydrogen-bond acceptors (Lipinski definition) is 5. The lowest BCUT2D eigenvalue weighted by Gasteiger charge is -2.26. The average Bonchev–Trinajstić information content (AvgIpc) is 3.28. The van der Waals surface area contributed by atoms with Crippen LogP contribution >= 0.6 is 0 Å². The Hall–Kier alpha value is -2.09. The summed E-state index contributed by atoms with van der Waals surface area (Å²) in [6, 6.07) is 1.56. The van der Waals surface area contributed by atoms with E-state index < -0.39 is 0 Å². The Kier molecular flexibility index (Phi) is 5.91. The number of piperidine rings is 1. The van der Waals surface area contributed by atoms with Gasteiger partial charge in [0.05, 0.1) is 6.10 Å². The van der Waals surface area contributed by atoms with Crippen molar-refractivity contribution in [1.29, 1.82) is 0 Å². The van der Waals surface area contributed by atoms with Gasteiger partial charge in [-0.2, -0.15) is 5.10 Å². The first-order chi connectivity index (χ1) is 12.1. The fraction of sp³-hybridized carbons (Fsp3) is 0.706. The minimum Gasteiger partial charge on any atom is -0.468 e. The zero-order chi connectivity index (χ0) is 17.6. The molecule has 2 fully saturated rings. The molecule has 1 N–H and O–H groups in total. The molecule has 0 spiro atoms. The van der Waals surface area contributed by atoms with Crippen molar-refractivity contribution in [2.24, 2.45) is 7.05 Å². The number of ether oxygens (including phenoxy) is 2. The summed E-state index contributed by atoms with van der Waals surface area (Å²) in [7, 11) is 1.69. The number of aromatic nitrogens is 2. The molecule has 1 aromatic heterocycles. The lowest BCUT2D eigenvalue weighted by atomic mass is 10.1. The molecule has 138 valence electrons. The molecule has 2 aliphatic heterocycles. The normalized spacial score (nSPS) is 20.5. The summed E-state index contributed by atoms with van der Waals surface area (Å²) in [6.07, 6.45) is 5.36. The van der Waals surface area contributed by atoms with Gasteiger partial charge in [0.2, 0.25) is 5.88 Å². The van der Waals surface area contributed by atoms with E-state index in [1.54, 1.807) is 13.1 Å². The number of rotatable bonds is 6. The highest BCUT2D eigenvalue weighted by molar-refractivity contribution is 5.92. The maximum Gasteiger partial charge on any atom is 0.272 e. The number of likely N-dealkylation sites (tertiary alicyclic amines) is 1. The van der Waals surface area contributed by atoms with Gasteiger partial charge in [0.15, 0.2) is 12.3 Å². The molecule has 8 heteroatoms. The van der Waals surface area contributed by atoms with Crippen LogP contribution in [0.2, 0.25) is 0 Å². The van der Waals surface area contributed by atoms with Gasteiger partial charge in [0.25, 0.3) is 11.8 Å². The predicted octanol–water partition coefficient (Wildman–Crippen LogP) is 0.720. The molecule has 0 bridgehead atoms. The Morgan fingerprint density at radius 3 is 2.84 bits per heavy atom. The van der Waals surface area contributed by atoms with E-state index in [0.29, 0.717) is 12.4 Å². The quantitative estimate of drug-likeness (QED) is 0.817. The number of nitrogens with one attached hydrogen (secondary N) is 1. The lowest BCUT2D eigenvalue weighted by Crippen LogP contribution is -2.38. The fourth-order valence-electron chi connectivity index (χ4n) is 3.17. The van der Waals surface area contributed by atoms with Crippen molar-refractivity contribution >= 4 is 11.8 Å². The Morgan fingerprint density at radius 1 is 1.32 bits per heavy atom. The summed E-state index contributed by atoms with van der Waals surface area (Å²) >= 11 is 0.